The molecule has 0 fully saturated rings. The van der Waals surface area contributed by atoms with Crippen LogP contribution in [-0.2, 0) is 30.4 Å². The number of rotatable bonds is 17. The molecule has 0 aromatic heterocycles. The average molecular weight is 555 g/mol. The molecule has 38 heavy (non-hydrogen) atoms. The van der Waals surface area contributed by atoms with E-state index in [4.69, 9.17) is 10.8 Å². The maximum absolute atomic E-state index is 13.2. The monoisotopic (exact) mass is 554 g/mol. The van der Waals surface area contributed by atoms with Crippen LogP contribution >= 0.6 is 11.8 Å². The molecule has 0 aliphatic heterocycles. The SMILES string of the molecule is CCC(C)C(NC(=O)C(Cc1ccc(O)cc1)NC(=O)C(CCC(=O)O)NC(=O)C(N)CCSC)C(=O)O. The van der Waals surface area contributed by atoms with Crippen LogP contribution in [0.15, 0.2) is 24.3 Å². The smallest absolute Gasteiger partial charge is 0.326 e. The normalized spacial score (nSPS) is 14.8. The van der Waals surface area contributed by atoms with Crippen molar-refractivity contribution < 1.29 is 39.3 Å². The molecule has 0 radical (unpaired) electrons. The first-order chi connectivity index (χ1) is 17.9. The molecule has 0 heterocycles. The Morgan fingerprint density at radius 2 is 1.50 bits per heavy atom. The fraction of sp³-hybridized carbons (Fsp3) is 0.560. The van der Waals surface area contributed by atoms with E-state index in [1.807, 2.05) is 6.26 Å². The van der Waals surface area contributed by atoms with Gasteiger partial charge >= 0.3 is 11.9 Å². The van der Waals surface area contributed by atoms with Crippen molar-refractivity contribution in [1.29, 1.82) is 0 Å². The van der Waals surface area contributed by atoms with E-state index in [1.165, 1.54) is 23.9 Å². The molecule has 12 nitrogen and oxygen atoms in total. The number of hydrogen-bond acceptors (Lipinski definition) is 8. The third-order valence-electron chi connectivity index (χ3n) is 6.04. The minimum absolute atomic E-state index is 0.00393. The number of carboxylic acid groups (broad SMARTS) is 2. The molecule has 3 amide bonds. The lowest BCUT2D eigenvalue weighted by atomic mass is 9.98. The highest BCUT2D eigenvalue weighted by molar-refractivity contribution is 7.98. The zero-order valence-electron chi connectivity index (χ0n) is 21.8. The van der Waals surface area contributed by atoms with Gasteiger partial charge in [-0.05, 0) is 48.5 Å². The quantitative estimate of drug-likeness (QED) is 0.141. The van der Waals surface area contributed by atoms with Crippen LogP contribution in [0.25, 0.3) is 0 Å². The predicted molar refractivity (Wildman–Crippen MR) is 143 cm³/mol. The molecule has 0 aliphatic rings. The van der Waals surface area contributed by atoms with Crippen molar-refractivity contribution in [3.05, 3.63) is 29.8 Å². The zero-order chi connectivity index (χ0) is 28.8. The fourth-order valence-corrected chi connectivity index (χ4v) is 3.97. The number of carbonyl (C=O) groups excluding carboxylic acids is 3. The van der Waals surface area contributed by atoms with Crippen molar-refractivity contribution in [1.82, 2.24) is 16.0 Å². The molecule has 0 spiro atoms. The lowest BCUT2D eigenvalue weighted by molar-refractivity contribution is -0.143. The van der Waals surface area contributed by atoms with Crippen molar-refractivity contribution in [2.75, 3.05) is 12.0 Å². The van der Waals surface area contributed by atoms with E-state index in [0.29, 0.717) is 24.2 Å². The first-order valence-corrected chi connectivity index (χ1v) is 13.7. The minimum atomic E-state index is -1.29. The number of nitrogens with one attached hydrogen (secondary N) is 3. The highest BCUT2D eigenvalue weighted by Gasteiger charge is 2.32. The molecule has 1 aromatic carbocycles. The summed E-state index contributed by atoms with van der Waals surface area (Å²) < 4.78 is 0. The molecule has 5 unspecified atom stereocenters. The summed E-state index contributed by atoms with van der Waals surface area (Å²) in [4.78, 5) is 61.8. The number of phenols is 1. The van der Waals surface area contributed by atoms with Gasteiger partial charge in [0.2, 0.25) is 17.7 Å². The van der Waals surface area contributed by atoms with Crippen LogP contribution in [0.1, 0.15) is 45.1 Å². The Labute approximate surface area is 226 Å². The van der Waals surface area contributed by atoms with Crippen molar-refractivity contribution in [2.45, 2.75) is 70.1 Å². The number of benzene rings is 1. The molecule has 1 aromatic rings. The summed E-state index contributed by atoms with van der Waals surface area (Å²) in [6, 6.07) is 1.22. The second kappa shape index (κ2) is 16.5. The molecule has 1 rings (SSSR count). The first-order valence-electron chi connectivity index (χ1n) is 12.3. The van der Waals surface area contributed by atoms with Crippen molar-refractivity contribution in [3.63, 3.8) is 0 Å². The Bertz CT molecular complexity index is 959. The van der Waals surface area contributed by atoms with Gasteiger partial charge in [0.15, 0.2) is 0 Å². The number of aromatic hydroxyl groups is 1. The predicted octanol–water partition coefficient (Wildman–Crippen LogP) is 0.465. The zero-order valence-corrected chi connectivity index (χ0v) is 22.6. The summed E-state index contributed by atoms with van der Waals surface area (Å²) in [5, 5.41) is 35.7. The van der Waals surface area contributed by atoms with Crippen LogP contribution in [0, 0.1) is 5.92 Å². The number of hydrogen-bond donors (Lipinski definition) is 7. The Morgan fingerprint density at radius 3 is 2.03 bits per heavy atom. The number of thioether (sulfide) groups is 1. The van der Waals surface area contributed by atoms with Crippen LogP contribution in [0.3, 0.4) is 0 Å². The summed E-state index contributed by atoms with van der Waals surface area (Å²) in [5.41, 5.74) is 6.44. The standard InChI is InChI=1S/C25H38N4O8S/c1-4-14(2)21(25(36)37)29-24(35)19(13-15-5-7-16(30)8-6-15)28-23(34)18(9-10-20(31)32)27-22(33)17(26)11-12-38-3/h5-8,14,17-19,21,30H,4,9-13,26H2,1-3H3,(H,27,33)(H,28,34)(H,29,35)(H,31,32)(H,36,37). The van der Waals surface area contributed by atoms with Crippen LogP contribution in [-0.4, -0.2) is 81.2 Å². The number of phenolic OH excluding ortho intramolecular Hbond substituents is 1. The number of carboxylic acids is 2. The second-order valence-corrected chi connectivity index (χ2v) is 10.0. The summed E-state index contributed by atoms with van der Waals surface area (Å²) in [6.45, 7) is 3.45. The van der Waals surface area contributed by atoms with Gasteiger partial charge in [-0.15, -0.1) is 0 Å². The summed E-state index contributed by atoms with van der Waals surface area (Å²) in [7, 11) is 0. The highest BCUT2D eigenvalue weighted by Crippen LogP contribution is 2.13. The molecule has 212 valence electrons. The Kier molecular flexibility index (Phi) is 14.2. The molecule has 0 saturated carbocycles. The Morgan fingerprint density at radius 1 is 0.921 bits per heavy atom. The molecular weight excluding hydrogens is 516 g/mol. The molecule has 0 aliphatic carbocycles. The second-order valence-electron chi connectivity index (χ2n) is 9.02. The van der Waals surface area contributed by atoms with Crippen LogP contribution in [0.5, 0.6) is 5.75 Å². The van der Waals surface area contributed by atoms with E-state index in [9.17, 15) is 34.2 Å². The van der Waals surface area contributed by atoms with Crippen molar-refractivity contribution >= 4 is 41.4 Å². The van der Waals surface area contributed by atoms with E-state index < -0.39 is 66.2 Å². The van der Waals surface area contributed by atoms with Crippen LogP contribution in [0.4, 0.5) is 0 Å². The maximum Gasteiger partial charge on any atom is 0.326 e. The largest absolute Gasteiger partial charge is 0.508 e. The summed E-state index contributed by atoms with van der Waals surface area (Å²) in [6.07, 6.45) is 1.94. The van der Waals surface area contributed by atoms with Crippen molar-refractivity contribution in [2.24, 2.45) is 11.7 Å². The molecule has 0 saturated heterocycles. The van der Waals surface area contributed by atoms with Gasteiger partial charge < -0.3 is 37.0 Å². The van der Waals surface area contributed by atoms with E-state index in [2.05, 4.69) is 16.0 Å². The fourth-order valence-electron chi connectivity index (χ4n) is 3.48. The van der Waals surface area contributed by atoms with Crippen LogP contribution < -0.4 is 21.7 Å². The highest BCUT2D eigenvalue weighted by atomic mass is 32.2. The van der Waals surface area contributed by atoms with Gasteiger partial charge in [-0.3, -0.25) is 19.2 Å². The maximum atomic E-state index is 13.2. The third kappa shape index (κ3) is 11.4. The Balaban J connectivity index is 3.18. The van der Waals surface area contributed by atoms with E-state index in [0.717, 1.165) is 0 Å². The van der Waals surface area contributed by atoms with Gasteiger partial charge in [0.25, 0.3) is 0 Å². The number of amides is 3. The number of aliphatic carboxylic acids is 2. The molecule has 8 N–H and O–H groups in total. The van der Waals surface area contributed by atoms with Crippen LogP contribution in [0.2, 0.25) is 0 Å². The molecule has 0 bridgehead atoms. The Hall–Kier alpha value is -3.32. The lowest BCUT2D eigenvalue weighted by Gasteiger charge is -2.26. The minimum Gasteiger partial charge on any atom is -0.508 e. The average Bonchev–Trinajstić information content (AvgIpc) is 2.87. The first kappa shape index (κ1) is 32.7. The third-order valence-corrected chi connectivity index (χ3v) is 6.68. The van der Waals surface area contributed by atoms with E-state index in [1.54, 1.807) is 26.0 Å². The molecule has 13 heteroatoms. The summed E-state index contributed by atoms with van der Waals surface area (Å²) >= 11 is 1.49. The van der Waals surface area contributed by atoms with Gasteiger partial charge in [0.05, 0.1) is 6.04 Å². The number of nitrogens with two attached hydrogens (primary N) is 1. The molecule has 5 atom stereocenters. The van der Waals surface area contributed by atoms with Gasteiger partial charge in [-0.2, -0.15) is 11.8 Å². The van der Waals surface area contributed by atoms with E-state index in [-0.39, 0.29) is 18.6 Å². The lowest BCUT2D eigenvalue weighted by Crippen LogP contribution is -2.58. The topological polar surface area (TPSA) is 208 Å². The van der Waals surface area contributed by atoms with Gasteiger partial charge in [0.1, 0.15) is 23.9 Å². The van der Waals surface area contributed by atoms with Gasteiger partial charge in [0, 0.05) is 12.8 Å². The summed E-state index contributed by atoms with van der Waals surface area (Å²) in [5.74, 6) is -4.41. The molecular formula is C25H38N4O8S. The van der Waals surface area contributed by atoms with Gasteiger partial charge in [-0.25, -0.2) is 4.79 Å². The number of carbonyl (C=O) groups is 5. The van der Waals surface area contributed by atoms with Crippen molar-refractivity contribution in [3.8, 4) is 5.75 Å². The van der Waals surface area contributed by atoms with E-state index >= 15 is 0 Å². The van der Waals surface area contributed by atoms with Gasteiger partial charge in [-0.1, -0.05) is 32.4 Å².